The molecule has 21 heavy (non-hydrogen) atoms. The minimum absolute atomic E-state index is 0.102. The topological polar surface area (TPSA) is 41.6 Å². The van der Waals surface area contributed by atoms with E-state index < -0.39 is 0 Å². The molecule has 1 aliphatic rings. The van der Waals surface area contributed by atoms with E-state index in [1.54, 1.807) is 0 Å². The van der Waals surface area contributed by atoms with E-state index >= 15 is 0 Å². The fourth-order valence-electron chi connectivity index (χ4n) is 2.62. The van der Waals surface area contributed by atoms with Crippen LogP contribution in [0.5, 0.6) is 5.75 Å². The molecule has 1 saturated heterocycles. The molecule has 0 bridgehead atoms. The van der Waals surface area contributed by atoms with Crippen molar-refractivity contribution >= 4 is 5.91 Å². The first-order valence-electron chi connectivity index (χ1n) is 7.91. The van der Waals surface area contributed by atoms with Crippen molar-refractivity contribution in [2.45, 2.75) is 39.7 Å². The molecule has 1 fully saturated rings. The van der Waals surface area contributed by atoms with Crippen molar-refractivity contribution in [1.29, 1.82) is 0 Å². The van der Waals surface area contributed by atoms with Crippen molar-refractivity contribution in [3.8, 4) is 5.75 Å². The minimum Gasteiger partial charge on any atom is -0.483 e. The summed E-state index contributed by atoms with van der Waals surface area (Å²) < 4.78 is 5.77. The highest BCUT2D eigenvalue weighted by molar-refractivity contribution is 5.77. The number of hydrogen-bond acceptors (Lipinski definition) is 3. The summed E-state index contributed by atoms with van der Waals surface area (Å²) in [5.74, 6) is 0.914. The van der Waals surface area contributed by atoms with Gasteiger partial charge in [-0.15, -0.1) is 0 Å². The number of nitrogens with one attached hydrogen (secondary N) is 1. The van der Waals surface area contributed by atoms with Crippen molar-refractivity contribution < 1.29 is 9.53 Å². The smallest absolute Gasteiger partial charge is 0.260 e. The van der Waals surface area contributed by atoms with E-state index in [0.29, 0.717) is 0 Å². The summed E-state index contributed by atoms with van der Waals surface area (Å²) in [6.07, 6.45) is 3.46. The first-order chi connectivity index (χ1) is 10.2. The highest BCUT2D eigenvalue weighted by Crippen LogP contribution is 2.20. The second kappa shape index (κ2) is 8.03. The van der Waals surface area contributed by atoms with Gasteiger partial charge in [0.15, 0.2) is 6.61 Å². The minimum atomic E-state index is 0.102. The maximum Gasteiger partial charge on any atom is 0.260 e. The fraction of sp³-hybridized carbons (Fsp3) is 0.588. The zero-order valence-corrected chi connectivity index (χ0v) is 13.2. The van der Waals surface area contributed by atoms with Crippen LogP contribution in [0.15, 0.2) is 18.2 Å². The first-order valence-corrected chi connectivity index (χ1v) is 7.91. The quantitative estimate of drug-likeness (QED) is 0.875. The SMILES string of the molecule is CCNCc1cc(C)ccc1OCC(=O)N1CCCCC1. The van der Waals surface area contributed by atoms with Crippen LogP contribution in [0.1, 0.15) is 37.3 Å². The summed E-state index contributed by atoms with van der Waals surface area (Å²) in [5.41, 5.74) is 2.32. The van der Waals surface area contributed by atoms with Crippen LogP contribution in [0, 0.1) is 6.92 Å². The monoisotopic (exact) mass is 290 g/mol. The second-order valence-electron chi connectivity index (χ2n) is 5.62. The molecule has 1 aromatic rings. The van der Waals surface area contributed by atoms with E-state index in [0.717, 1.165) is 50.3 Å². The summed E-state index contributed by atoms with van der Waals surface area (Å²) in [6.45, 7) is 7.72. The summed E-state index contributed by atoms with van der Waals surface area (Å²) in [4.78, 5) is 14.1. The Hall–Kier alpha value is -1.55. The van der Waals surface area contributed by atoms with Crippen LogP contribution in [0.2, 0.25) is 0 Å². The molecule has 1 heterocycles. The Bertz CT molecular complexity index is 468. The van der Waals surface area contributed by atoms with E-state index in [-0.39, 0.29) is 12.5 Å². The zero-order chi connectivity index (χ0) is 15.1. The van der Waals surface area contributed by atoms with E-state index in [2.05, 4.69) is 25.2 Å². The largest absolute Gasteiger partial charge is 0.483 e. The van der Waals surface area contributed by atoms with Gasteiger partial charge in [0, 0.05) is 25.2 Å². The third-order valence-corrected chi connectivity index (χ3v) is 3.84. The van der Waals surface area contributed by atoms with Crippen LogP contribution in [0.3, 0.4) is 0 Å². The molecular weight excluding hydrogens is 264 g/mol. The lowest BCUT2D eigenvalue weighted by Crippen LogP contribution is -2.38. The van der Waals surface area contributed by atoms with Gasteiger partial charge in [0.25, 0.3) is 5.91 Å². The van der Waals surface area contributed by atoms with E-state index in [4.69, 9.17) is 4.74 Å². The highest BCUT2D eigenvalue weighted by Gasteiger charge is 2.17. The summed E-state index contributed by atoms with van der Waals surface area (Å²) >= 11 is 0. The summed E-state index contributed by atoms with van der Waals surface area (Å²) in [5, 5.41) is 3.31. The second-order valence-corrected chi connectivity index (χ2v) is 5.62. The van der Waals surface area contributed by atoms with Crippen LogP contribution in [-0.2, 0) is 11.3 Å². The number of carbonyl (C=O) groups is 1. The van der Waals surface area contributed by atoms with Gasteiger partial charge in [0.2, 0.25) is 0 Å². The molecule has 0 unspecified atom stereocenters. The van der Waals surface area contributed by atoms with Gasteiger partial charge in [-0.05, 0) is 38.8 Å². The molecule has 1 amide bonds. The molecule has 1 N–H and O–H groups in total. The average Bonchev–Trinajstić information content (AvgIpc) is 2.52. The van der Waals surface area contributed by atoms with Crippen molar-refractivity contribution in [3.05, 3.63) is 29.3 Å². The van der Waals surface area contributed by atoms with Gasteiger partial charge >= 0.3 is 0 Å². The molecule has 1 aromatic carbocycles. The number of rotatable bonds is 6. The van der Waals surface area contributed by atoms with Crippen molar-refractivity contribution in [3.63, 3.8) is 0 Å². The Morgan fingerprint density at radius 1 is 1.29 bits per heavy atom. The summed E-state index contributed by atoms with van der Waals surface area (Å²) in [6, 6.07) is 6.10. The third-order valence-electron chi connectivity index (χ3n) is 3.84. The van der Waals surface area contributed by atoms with Gasteiger partial charge in [0.1, 0.15) is 5.75 Å². The normalized spacial score (nSPS) is 15.0. The Labute approximate surface area is 127 Å². The number of piperidine rings is 1. The maximum atomic E-state index is 12.1. The molecule has 0 atom stereocenters. The molecule has 2 rings (SSSR count). The van der Waals surface area contributed by atoms with Crippen LogP contribution in [0.25, 0.3) is 0 Å². The number of carbonyl (C=O) groups excluding carboxylic acids is 1. The molecular formula is C17H26N2O2. The van der Waals surface area contributed by atoms with Crippen LogP contribution < -0.4 is 10.1 Å². The number of aryl methyl sites for hydroxylation is 1. The number of nitrogens with zero attached hydrogens (tertiary/aromatic N) is 1. The molecule has 0 aromatic heterocycles. The average molecular weight is 290 g/mol. The number of amides is 1. The Kier molecular flexibility index (Phi) is 6.05. The van der Waals surface area contributed by atoms with E-state index in [9.17, 15) is 4.79 Å². The van der Waals surface area contributed by atoms with Crippen LogP contribution >= 0.6 is 0 Å². The number of hydrogen-bond donors (Lipinski definition) is 1. The molecule has 1 aliphatic heterocycles. The maximum absolute atomic E-state index is 12.1. The predicted molar refractivity (Wildman–Crippen MR) is 84.5 cm³/mol. The Morgan fingerprint density at radius 2 is 2.05 bits per heavy atom. The van der Waals surface area contributed by atoms with Gasteiger partial charge in [0.05, 0.1) is 0 Å². The standard InChI is InChI=1S/C17H26N2O2/c1-3-18-12-15-11-14(2)7-8-16(15)21-13-17(20)19-9-5-4-6-10-19/h7-8,11,18H,3-6,9-10,12-13H2,1-2H3. The number of benzene rings is 1. The van der Waals surface area contributed by atoms with Crippen molar-refractivity contribution in [2.75, 3.05) is 26.2 Å². The summed E-state index contributed by atoms with van der Waals surface area (Å²) in [7, 11) is 0. The predicted octanol–water partition coefficient (Wildman–Crippen LogP) is 2.50. The van der Waals surface area contributed by atoms with Gasteiger partial charge in [-0.2, -0.15) is 0 Å². The molecule has 0 radical (unpaired) electrons. The fourth-order valence-corrected chi connectivity index (χ4v) is 2.62. The molecule has 4 nitrogen and oxygen atoms in total. The molecule has 0 saturated carbocycles. The molecule has 4 heteroatoms. The lowest BCUT2D eigenvalue weighted by Gasteiger charge is -2.26. The van der Waals surface area contributed by atoms with Crippen LogP contribution in [0.4, 0.5) is 0 Å². The van der Waals surface area contributed by atoms with Gasteiger partial charge < -0.3 is 15.0 Å². The third kappa shape index (κ3) is 4.74. The van der Waals surface area contributed by atoms with Gasteiger partial charge in [-0.1, -0.05) is 24.6 Å². The zero-order valence-electron chi connectivity index (χ0n) is 13.2. The first kappa shape index (κ1) is 15.8. The number of ether oxygens (including phenoxy) is 1. The molecule has 0 spiro atoms. The Morgan fingerprint density at radius 3 is 2.76 bits per heavy atom. The van der Waals surface area contributed by atoms with Crippen molar-refractivity contribution in [2.24, 2.45) is 0 Å². The highest BCUT2D eigenvalue weighted by atomic mass is 16.5. The lowest BCUT2D eigenvalue weighted by atomic mass is 10.1. The molecule has 116 valence electrons. The number of likely N-dealkylation sites (tertiary alicyclic amines) is 1. The van der Waals surface area contributed by atoms with Crippen molar-refractivity contribution in [1.82, 2.24) is 10.2 Å². The van der Waals surface area contributed by atoms with Crippen LogP contribution in [-0.4, -0.2) is 37.0 Å². The van der Waals surface area contributed by atoms with Gasteiger partial charge in [-0.25, -0.2) is 0 Å². The van der Waals surface area contributed by atoms with E-state index in [1.165, 1.54) is 12.0 Å². The lowest BCUT2D eigenvalue weighted by molar-refractivity contribution is -0.134. The van der Waals surface area contributed by atoms with Gasteiger partial charge in [-0.3, -0.25) is 4.79 Å². The van der Waals surface area contributed by atoms with E-state index in [1.807, 2.05) is 17.0 Å². The molecule has 0 aliphatic carbocycles. The Balaban J connectivity index is 1.93.